The molecule has 11 heteroatoms. The van der Waals surface area contributed by atoms with Gasteiger partial charge in [0.25, 0.3) is 5.92 Å². The van der Waals surface area contributed by atoms with Gasteiger partial charge < -0.3 is 9.80 Å². The molecule has 2 atom stereocenters. The molecule has 0 spiro atoms. The Morgan fingerprint density at radius 3 is 2.47 bits per heavy atom. The van der Waals surface area contributed by atoms with Gasteiger partial charge in [-0.05, 0) is 61.4 Å². The third-order valence-electron chi connectivity index (χ3n) is 7.11. The Bertz CT molecular complexity index is 1280. The van der Waals surface area contributed by atoms with Crippen molar-refractivity contribution < 1.29 is 30.8 Å². The first-order chi connectivity index (χ1) is 17.0. The van der Waals surface area contributed by atoms with E-state index in [-0.39, 0.29) is 17.5 Å². The molecule has 0 aromatic heterocycles. The van der Waals surface area contributed by atoms with Gasteiger partial charge in [0.2, 0.25) is 10.0 Å². The van der Waals surface area contributed by atoms with Gasteiger partial charge in [-0.1, -0.05) is 24.3 Å². The van der Waals surface area contributed by atoms with Gasteiger partial charge in [0.15, 0.2) is 0 Å². The summed E-state index contributed by atoms with van der Waals surface area (Å²) in [7, 11) is -4.02. The standard InChI is InChI=1S/C25H27F4N3O3S/c1-15-10-17(12-18(26)11-15)20-5-2-4-16(22(20)27)13-21-23(30-36(34,35)19-6-7-19)25(28,29)14-32(21)24(33)31-8-3-9-31/h2,4-5,10-12,19,21,23,30H,3,6-9,13-14H2,1H3/t21-,23+/m0/s1. The minimum Gasteiger partial charge on any atom is -0.325 e. The van der Waals surface area contributed by atoms with Crippen LogP contribution in [0.4, 0.5) is 22.4 Å². The normalized spacial score (nSPS) is 23.6. The summed E-state index contributed by atoms with van der Waals surface area (Å²) in [4.78, 5) is 15.4. The van der Waals surface area contributed by atoms with Crippen molar-refractivity contribution in [2.24, 2.45) is 0 Å². The smallest absolute Gasteiger partial charge is 0.320 e. The number of carbonyl (C=O) groups excluding carboxylic acids is 1. The van der Waals surface area contributed by atoms with Crippen LogP contribution in [0.15, 0.2) is 36.4 Å². The van der Waals surface area contributed by atoms with E-state index in [4.69, 9.17) is 0 Å². The number of sulfonamides is 1. The maximum absolute atomic E-state index is 15.7. The SMILES string of the molecule is Cc1cc(F)cc(-c2cccc(C[C@H]3[C@@H](NS(=O)(=O)C4CC4)C(F)(F)CN3C(=O)N3CCC3)c2F)c1. The molecular formula is C25H27F4N3O3S. The molecule has 1 N–H and O–H groups in total. The van der Waals surface area contributed by atoms with Gasteiger partial charge in [0.1, 0.15) is 17.7 Å². The zero-order chi connectivity index (χ0) is 25.8. The Kier molecular flexibility index (Phi) is 6.27. The Morgan fingerprint density at radius 2 is 1.86 bits per heavy atom. The molecule has 5 rings (SSSR count). The molecule has 0 radical (unpaired) electrons. The highest BCUT2D eigenvalue weighted by atomic mass is 32.2. The van der Waals surface area contributed by atoms with Gasteiger partial charge in [-0.3, -0.25) is 0 Å². The first kappa shape index (κ1) is 25.0. The lowest BCUT2D eigenvalue weighted by Gasteiger charge is -2.37. The van der Waals surface area contributed by atoms with E-state index in [1.807, 2.05) is 0 Å². The van der Waals surface area contributed by atoms with Crippen LogP contribution in [-0.2, 0) is 16.4 Å². The number of likely N-dealkylation sites (tertiary alicyclic amines) is 2. The van der Waals surface area contributed by atoms with Gasteiger partial charge in [-0.2, -0.15) is 0 Å². The van der Waals surface area contributed by atoms with Crippen LogP contribution >= 0.6 is 0 Å². The highest BCUT2D eigenvalue weighted by Crippen LogP contribution is 2.39. The molecule has 3 fully saturated rings. The van der Waals surface area contributed by atoms with E-state index in [0.29, 0.717) is 37.1 Å². The molecular weight excluding hydrogens is 498 g/mol. The molecule has 2 saturated heterocycles. The second-order valence-electron chi connectivity index (χ2n) is 9.92. The van der Waals surface area contributed by atoms with Crippen molar-refractivity contribution >= 4 is 16.1 Å². The maximum Gasteiger partial charge on any atom is 0.320 e. The zero-order valence-corrected chi connectivity index (χ0v) is 20.5. The first-order valence-corrected chi connectivity index (χ1v) is 13.5. The summed E-state index contributed by atoms with van der Waals surface area (Å²) in [5, 5.41) is -0.731. The number of hydrogen-bond acceptors (Lipinski definition) is 3. The predicted molar refractivity (Wildman–Crippen MR) is 126 cm³/mol. The Labute approximate surface area is 207 Å². The van der Waals surface area contributed by atoms with Crippen LogP contribution in [0.1, 0.15) is 30.4 Å². The number of nitrogens with zero attached hydrogens (tertiary/aromatic N) is 2. The zero-order valence-electron chi connectivity index (χ0n) is 19.7. The van der Waals surface area contributed by atoms with Gasteiger partial charge in [0.05, 0.1) is 17.8 Å². The summed E-state index contributed by atoms with van der Waals surface area (Å²) in [5.74, 6) is -4.80. The molecule has 1 saturated carbocycles. The molecule has 2 aromatic rings. The van der Waals surface area contributed by atoms with Crippen molar-refractivity contribution in [1.82, 2.24) is 14.5 Å². The molecule has 0 unspecified atom stereocenters. The van der Waals surface area contributed by atoms with Crippen molar-refractivity contribution in [3.8, 4) is 11.1 Å². The number of alkyl halides is 2. The fourth-order valence-electron chi connectivity index (χ4n) is 4.92. The van der Waals surface area contributed by atoms with Crippen LogP contribution in [0.2, 0.25) is 0 Å². The number of aryl methyl sites for hydroxylation is 1. The highest BCUT2D eigenvalue weighted by molar-refractivity contribution is 7.90. The highest BCUT2D eigenvalue weighted by Gasteiger charge is 2.58. The lowest BCUT2D eigenvalue weighted by molar-refractivity contribution is -0.00562. The third kappa shape index (κ3) is 4.70. The fourth-order valence-corrected chi connectivity index (χ4v) is 6.56. The molecule has 36 heavy (non-hydrogen) atoms. The number of carbonyl (C=O) groups is 1. The summed E-state index contributed by atoms with van der Waals surface area (Å²) in [6, 6.07) is 4.71. The van der Waals surface area contributed by atoms with Gasteiger partial charge in [-0.25, -0.2) is 35.5 Å². The quantitative estimate of drug-likeness (QED) is 0.578. The largest absolute Gasteiger partial charge is 0.325 e. The minimum absolute atomic E-state index is 0.0362. The number of amides is 2. The van der Waals surface area contributed by atoms with Gasteiger partial charge in [0, 0.05) is 18.7 Å². The van der Waals surface area contributed by atoms with Crippen LogP contribution in [0.3, 0.4) is 0 Å². The topological polar surface area (TPSA) is 69.7 Å². The van der Waals surface area contributed by atoms with E-state index >= 15 is 13.2 Å². The number of benzene rings is 2. The van der Waals surface area contributed by atoms with E-state index in [2.05, 4.69) is 4.72 Å². The summed E-state index contributed by atoms with van der Waals surface area (Å²) >= 11 is 0. The van der Waals surface area contributed by atoms with Crippen molar-refractivity contribution in [3.05, 3.63) is 59.2 Å². The third-order valence-corrected chi connectivity index (χ3v) is 9.04. The average Bonchev–Trinajstić information content (AvgIpc) is 3.57. The van der Waals surface area contributed by atoms with Crippen LogP contribution in [0, 0.1) is 18.6 Å². The number of hydrogen-bond donors (Lipinski definition) is 1. The van der Waals surface area contributed by atoms with Crippen LogP contribution in [0.5, 0.6) is 0 Å². The molecule has 194 valence electrons. The minimum atomic E-state index is -4.02. The monoisotopic (exact) mass is 525 g/mol. The Morgan fingerprint density at radius 1 is 1.14 bits per heavy atom. The molecule has 2 aliphatic heterocycles. The van der Waals surface area contributed by atoms with E-state index in [1.165, 1.54) is 35.2 Å². The number of nitrogens with one attached hydrogen (secondary N) is 1. The summed E-state index contributed by atoms with van der Waals surface area (Å²) < 4.78 is 87.5. The summed E-state index contributed by atoms with van der Waals surface area (Å²) in [6.45, 7) is 1.56. The number of urea groups is 1. The second-order valence-corrected chi connectivity index (χ2v) is 11.9. The molecule has 6 nitrogen and oxygen atoms in total. The van der Waals surface area contributed by atoms with E-state index in [0.717, 1.165) is 11.3 Å². The lowest BCUT2D eigenvalue weighted by Crippen LogP contribution is -2.55. The summed E-state index contributed by atoms with van der Waals surface area (Å²) in [6.07, 6.45) is 1.19. The second kappa shape index (κ2) is 9.02. The van der Waals surface area contributed by atoms with Crippen molar-refractivity contribution in [2.45, 2.75) is 55.9 Å². The van der Waals surface area contributed by atoms with Gasteiger partial charge in [-0.15, -0.1) is 0 Å². The van der Waals surface area contributed by atoms with E-state index < -0.39 is 57.5 Å². The number of halogens is 4. The Balaban J connectivity index is 1.51. The Hall–Kier alpha value is -2.66. The van der Waals surface area contributed by atoms with Crippen molar-refractivity contribution in [3.63, 3.8) is 0 Å². The van der Waals surface area contributed by atoms with Crippen molar-refractivity contribution in [1.29, 1.82) is 0 Å². The van der Waals surface area contributed by atoms with Crippen LogP contribution < -0.4 is 4.72 Å². The molecule has 2 heterocycles. The summed E-state index contributed by atoms with van der Waals surface area (Å²) in [5.41, 5.74) is 1.01. The lowest BCUT2D eigenvalue weighted by atomic mass is 9.95. The van der Waals surface area contributed by atoms with E-state index in [9.17, 15) is 17.6 Å². The fraction of sp³-hybridized carbons (Fsp3) is 0.480. The van der Waals surface area contributed by atoms with Crippen LogP contribution in [-0.4, -0.2) is 67.1 Å². The molecule has 1 aliphatic carbocycles. The average molecular weight is 526 g/mol. The number of rotatable bonds is 6. The predicted octanol–water partition coefficient (Wildman–Crippen LogP) is 4.08. The molecule has 2 amide bonds. The molecule has 3 aliphatic rings. The molecule has 0 bridgehead atoms. The van der Waals surface area contributed by atoms with Gasteiger partial charge >= 0.3 is 6.03 Å². The first-order valence-electron chi connectivity index (χ1n) is 12.0. The van der Waals surface area contributed by atoms with E-state index in [1.54, 1.807) is 13.0 Å². The maximum atomic E-state index is 15.7. The van der Waals surface area contributed by atoms with Crippen molar-refractivity contribution in [2.75, 3.05) is 19.6 Å². The molecule has 2 aromatic carbocycles. The van der Waals surface area contributed by atoms with Crippen LogP contribution in [0.25, 0.3) is 11.1 Å².